The molecule has 1 aromatic heterocycles. The van der Waals surface area contributed by atoms with Crippen molar-refractivity contribution in [2.45, 2.75) is 33.6 Å². The fourth-order valence-electron chi connectivity index (χ4n) is 3.12. The largest absolute Gasteiger partial charge is 0.326 e. The second kappa shape index (κ2) is 8.68. The van der Waals surface area contributed by atoms with Crippen LogP contribution in [0.3, 0.4) is 0 Å². The number of anilines is 2. The maximum absolute atomic E-state index is 13.2. The van der Waals surface area contributed by atoms with Gasteiger partial charge in [-0.25, -0.2) is 9.07 Å². The van der Waals surface area contributed by atoms with Crippen LogP contribution in [0.2, 0.25) is 0 Å². The molecule has 2 N–H and O–H groups in total. The molecule has 2 amide bonds. The van der Waals surface area contributed by atoms with Gasteiger partial charge in [0.05, 0.1) is 22.6 Å². The number of rotatable bonds is 6. The Hall–Kier alpha value is -3.48. The summed E-state index contributed by atoms with van der Waals surface area (Å²) in [5.74, 6) is -0.701. The smallest absolute Gasteiger partial charge is 0.259 e. The number of nitrogens with one attached hydrogen (secondary N) is 2. The first-order valence-electron chi connectivity index (χ1n) is 9.42. The molecule has 0 spiro atoms. The predicted molar refractivity (Wildman–Crippen MR) is 111 cm³/mol. The van der Waals surface area contributed by atoms with Gasteiger partial charge < -0.3 is 10.6 Å². The first-order chi connectivity index (χ1) is 13.9. The molecule has 0 bridgehead atoms. The minimum absolute atomic E-state index is 0.0664. The van der Waals surface area contributed by atoms with E-state index in [2.05, 4.69) is 15.7 Å². The van der Waals surface area contributed by atoms with Crippen LogP contribution in [0.1, 0.15) is 41.5 Å². The standard InChI is InChI=1S/C22H23FN4O2/c1-4-6-20(28)24-17-7-5-8-18(13-17)25-22(29)21-14(2)26-27(15(21)3)19-11-9-16(23)10-12-19/h5,7-13H,4,6H2,1-3H3,(H,24,28)(H,25,29). The Balaban J connectivity index is 1.81. The summed E-state index contributed by atoms with van der Waals surface area (Å²) in [6.45, 7) is 5.48. The van der Waals surface area contributed by atoms with Crippen LogP contribution in [0.4, 0.5) is 15.8 Å². The summed E-state index contributed by atoms with van der Waals surface area (Å²) in [7, 11) is 0. The van der Waals surface area contributed by atoms with E-state index in [9.17, 15) is 14.0 Å². The van der Waals surface area contributed by atoms with Gasteiger partial charge >= 0.3 is 0 Å². The molecule has 3 aromatic rings. The molecule has 7 heteroatoms. The lowest BCUT2D eigenvalue weighted by molar-refractivity contribution is -0.116. The zero-order valence-corrected chi connectivity index (χ0v) is 16.6. The van der Waals surface area contributed by atoms with E-state index in [0.717, 1.165) is 6.42 Å². The van der Waals surface area contributed by atoms with E-state index in [-0.39, 0.29) is 17.6 Å². The lowest BCUT2D eigenvalue weighted by atomic mass is 10.1. The molecule has 29 heavy (non-hydrogen) atoms. The van der Waals surface area contributed by atoms with Gasteiger partial charge in [0.2, 0.25) is 5.91 Å². The average Bonchev–Trinajstić information content (AvgIpc) is 2.97. The zero-order chi connectivity index (χ0) is 21.0. The van der Waals surface area contributed by atoms with Crippen LogP contribution in [0, 0.1) is 19.7 Å². The summed E-state index contributed by atoms with van der Waals surface area (Å²) in [6, 6.07) is 12.9. The molecule has 1 heterocycles. The highest BCUT2D eigenvalue weighted by Gasteiger charge is 2.19. The highest BCUT2D eigenvalue weighted by molar-refractivity contribution is 6.06. The molecule has 0 aliphatic carbocycles. The Morgan fingerprint density at radius 2 is 1.69 bits per heavy atom. The van der Waals surface area contributed by atoms with Crippen LogP contribution in [0.5, 0.6) is 0 Å². The Morgan fingerprint density at radius 1 is 1.03 bits per heavy atom. The van der Waals surface area contributed by atoms with Crippen LogP contribution in [0.25, 0.3) is 5.69 Å². The van der Waals surface area contributed by atoms with Crippen LogP contribution >= 0.6 is 0 Å². The van der Waals surface area contributed by atoms with Crippen LogP contribution < -0.4 is 10.6 Å². The molecular formula is C22H23FN4O2. The Labute approximate surface area is 168 Å². The fourth-order valence-corrected chi connectivity index (χ4v) is 3.12. The lowest BCUT2D eigenvalue weighted by Crippen LogP contribution is -2.15. The second-order valence-electron chi connectivity index (χ2n) is 6.77. The van der Waals surface area contributed by atoms with E-state index in [1.807, 2.05) is 6.92 Å². The van der Waals surface area contributed by atoms with E-state index in [1.54, 1.807) is 54.9 Å². The van der Waals surface area contributed by atoms with Gasteiger partial charge in [-0.2, -0.15) is 5.10 Å². The van der Waals surface area contributed by atoms with Crippen molar-refractivity contribution in [3.8, 4) is 5.69 Å². The van der Waals surface area contributed by atoms with Crippen LogP contribution in [-0.2, 0) is 4.79 Å². The van der Waals surface area contributed by atoms with Crippen LogP contribution in [0.15, 0.2) is 48.5 Å². The van der Waals surface area contributed by atoms with Crippen molar-refractivity contribution in [3.05, 3.63) is 71.3 Å². The van der Waals surface area contributed by atoms with Crippen molar-refractivity contribution in [3.63, 3.8) is 0 Å². The second-order valence-corrected chi connectivity index (χ2v) is 6.77. The number of nitrogens with zero attached hydrogens (tertiary/aromatic N) is 2. The number of halogens is 1. The van der Waals surface area contributed by atoms with E-state index in [0.29, 0.717) is 40.4 Å². The molecule has 6 nitrogen and oxygen atoms in total. The van der Waals surface area contributed by atoms with Gasteiger partial charge in [-0.05, 0) is 62.7 Å². The van der Waals surface area contributed by atoms with Crippen molar-refractivity contribution in [2.24, 2.45) is 0 Å². The van der Waals surface area contributed by atoms with E-state index in [4.69, 9.17) is 0 Å². The first-order valence-corrected chi connectivity index (χ1v) is 9.42. The molecule has 0 saturated heterocycles. The molecule has 3 rings (SSSR count). The first kappa shape index (κ1) is 20.3. The molecule has 150 valence electrons. The minimum atomic E-state index is -0.334. The van der Waals surface area contributed by atoms with Gasteiger partial charge in [0.1, 0.15) is 5.82 Å². The van der Waals surface area contributed by atoms with E-state index < -0.39 is 0 Å². The number of amides is 2. The molecule has 0 radical (unpaired) electrons. The summed E-state index contributed by atoms with van der Waals surface area (Å²) in [5.41, 5.74) is 3.53. The summed E-state index contributed by atoms with van der Waals surface area (Å²) in [6.07, 6.45) is 1.20. The van der Waals surface area contributed by atoms with Gasteiger partial charge in [-0.15, -0.1) is 0 Å². The monoisotopic (exact) mass is 394 g/mol. The van der Waals surface area contributed by atoms with Crippen LogP contribution in [-0.4, -0.2) is 21.6 Å². The maximum Gasteiger partial charge on any atom is 0.259 e. The number of carbonyl (C=O) groups is 2. The minimum Gasteiger partial charge on any atom is -0.326 e. The number of benzene rings is 2. The number of aryl methyl sites for hydroxylation is 1. The molecule has 0 aliphatic rings. The van der Waals surface area contributed by atoms with Gasteiger partial charge in [0.15, 0.2) is 0 Å². The fraction of sp³-hybridized carbons (Fsp3) is 0.227. The van der Waals surface area contributed by atoms with Crippen molar-refractivity contribution < 1.29 is 14.0 Å². The summed E-state index contributed by atoms with van der Waals surface area (Å²) in [4.78, 5) is 24.7. The van der Waals surface area contributed by atoms with Crippen molar-refractivity contribution in [1.29, 1.82) is 0 Å². The van der Waals surface area contributed by atoms with Gasteiger partial charge in [0, 0.05) is 17.8 Å². The normalized spacial score (nSPS) is 10.6. The SMILES string of the molecule is CCCC(=O)Nc1cccc(NC(=O)c2c(C)nn(-c3ccc(F)cc3)c2C)c1. The van der Waals surface area contributed by atoms with Gasteiger partial charge in [-0.3, -0.25) is 9.59 Å². The summed E-state index contributed by atoms with van der Waals surface area (Å²) < 4.78 is 14.8. The number of carbonyl (C=O) groups excluding carboxylic acids is 2. The zero-order valence-electron chi connectivity index (χ0n) is 16.6. The summed E-state index contributed by atoms with van der Waals surface area (Å²) >= 11 is 0. The van der Waals surface area contributed by atoms with Gasteiger partial charge in [-0.1, -0.05) is 13.0 Å². The third-order valence-electron chi connectivity index (χ3n) is 4.47. The Morgan fingerprint density at radius 3 is 2.34 bits per heavy atom. The quantitative estimate of drug-likeness (QED) is 0.641. The van der Waals surface area contributed by atoms with Gasteiger partial charge in [0.25, 0.3) is 5.91 Å². The topological polar surface area (TPSA) is 76.0 Å². The molecular weight excluding hydrogens is 371 g/mol. The molecule has 0 atom stereocenters. The lowest BCUT2D eigenvalue weighted by Gasteiger charge is -2.09. The number of hydrogen-bond acceptors (Lipinski definition) is 3. The third-order valence-corrected chi connectivity index (χ3v) is 4.47. The van der Waals surface area contributed by atoms with Crippen molar-refractivity contribution in [2.75, 3.05) is 10.6 Å². The van der Waals surface area contributed by atoms with Crippen molar-refractivity contribution >= 4 is 23.2 Å². The highest BCUT2D eigenvalue weighted by atomic mass is 19.1. The predicted octanol–water partition coefficient (Wildman–Crippen LogP) is 4.62. The summed E-state index contributed by atoms with van der Waals surface area (Å²) in [5, 5.41) is 10.1. The molecule has 0 unspecified atom stereocenters. The van der Waals surface area contributed by atoms with E-state index in [1.165, 1.54) is 12.1 Å². The molecule has 2 aromatic carbocycles. The average molecular weight is 394 g/mol. The molecule has 0 aliphatic heterocycles. The van der Waals surface area contributed by atoms with Crippen molar-refractivity contribution in [1.82, 2.24) is 9.78 Å². The number of hydrogen-bond donors (Lipinski definition) is 2. The maximum atomic E-state index is 13.2. The highest BCUT2D eigenvalue weighted by Crippen LogP contribution is 2.21. The van der Waals surface area contributed by atoms with E-state index >= 15 is 0 Å². The third kappa shape index (κ3) is 4.68. The Bertz CT molecular complexity index is 1040. The Kier molecular flexibility index (Phi) is 6.07. The number of aromatic nitrogens is 2. The molecule has 0 saturated carbocycles. The molecule has 0 fully saturated rings.